The van der Waals surface area contributed by atoms with E-state index in [1.165, 1.54) is 6.07 Å². The first-order chi connectivity index (χ1) is 14.1. The molecule has 2 aromatic carbocycles. The maximum atomic E-state index is 12.7. The molecule has 3 rings (SSSR count). The van der Waals surface area contributed by atoms with Gasteiger partial charge in [-0.25, -0.2) is 13.1 Å². The third-order valence-corrected chi connectivity index (χ3v) is 6.03. The first kappa shape index (κ1) is 21.8. The molecule has 0 aliphatic rings. The van der Waals surface area contributed by atoms with Crippen molar-refractivity contribution in [3.63, 3.8) is 0 Å². The molecule has 0 fully saturated rings. The van der Waals surface area contributed by atoms with Crippen molar-refractivity contribution >= 4 is 21.6 Å². The number of aryl methyl sites for hydroxylation is 1. The Bertz CT molecular complexity index is 1110. The van der Waals surface area contributed by atoms with Crippen LogP contribution in [-0.4, -0.2) is 19.9 Å². The van der Waals surface area contributed by atoms with Gasteiger partial charge in [0, 0.05) is 23.9 Å². The molecular formula is C23H26N2O4S. The molecule has 0 spiro atoms. The Morgan fingerprint density at radius 3 is 2.30 bits per heavy atom. The highest BCUT2D eigenvalue weighted by Gasteiger charge is 2.25. The van der Waals surface area contributed by atoms with Crippen LogP contribution >= 0.6 is 0 Å². The summed E-state index contributed by atoms with van der Waals surface area (Å²) in [6, 6.07) is 19.8. The number of carbonyl (C=O) groups is 1. The van der Waals surface area contributed by atoms with Crippen LogP contribution in [0.5, 0.6) is 0 Å². The zero-order valence-electron chi connectivity index (χ0n) is 17.3. The van der Waals surface area contributed by atoms with E-state index in [-0.39, 0.29) is 22.9 Å². The number of hydrogen-bond acceptors (Lipinski definition) is 4. The molecule has 6 nitrogen and oxygen atoms in total. The van der Waals surface area contributed by atoms with E-state index in [4.69, 9.17) is 4.42 Å². The van der Waals surface area contributed by atoms with Crippen LogP contribution in [0.2, 0.25) is 0 Å². The fourth-order valence-electron chi connectivity index (χ4n) is 2.98. The molecule has 0 aliphatic carbocycles. The lowest BCUT2D eigenvalue weighted by atomic mass is 10.1. The maximum Gasteiger partial charge on any atom is 0.243 e. The SMILES string of the molecule is CC(C)(C)NS(=O)(=O)c1ccccc1NC(=O)CCc1ccc(-c2ccccc2)o1. The Hall–Kier alpha value is -2.90. The Morgan fingerprint density at radius 1 is 0.933 bits per heavy atom. The number of sulfonamides is 1. The van der Waals surface area contributed by atoms with Crippen LogP contribution in [0.1, 0.15) is 33.0 Å². The van der Waals surface area contributed by atoms with Gasteiger partial charge in [0.25, 0.3) is 0 Å². The molecule has 1 aromatic heterocycles. The minimum absolute atomic E-state index is 0.0395. The normalized spacial score (nSPS) is 12.0. The van der Waals surface area contributed by atoms with Crippen LogP contribution in [0.4, 0.5) is 5.69 Å². The van der Waals surface area contributed by atoms with Gasteiger partial charge in [-0.05, 0) is 45.0 Å². The predicted octanol–water partition coefficient (Wildman–Crippen LogP) is 4.59. The van der Waals surface area contributed by atoms with Gasteiger partial charge in [-0.1, -0.05) is 42.5 Å². The lowest BCUT2D eigenvalue weighted by Crippen LogP contribution is -2.40. The van der Waals surface area contributed by atoms with E-state index in [1.54, 1.807) is 39.0 Å². The summed E-state index contributed by atoms with van der Waals surface area (Å²) in [6.45, 7) is 5.29. The van der Waals surface area contributed by atoms with E-state index in [0.717, 1.165) is 11.3 Å². The van der Waals surface area contributed by atoms with Crippen molar-refractivity contribution in [2.75, 3.05) is 5.32 Å². The van der Waals surface area contributed by atoms with Crippen LogP contribution in [-0.2, 0) is 21.2 Å². The minimum atomic E-state index is -3.77. The summed E-state index contributed by atoms with van der Waals surface area (Å²) in [5.41, 5.74) is 0.591. The zero-order chi connectivity index (χ0) is 21.8. The summed E-state index contributed by atoms with van der Waals surface area (Å²) in [5.74, 6) is 1.15. The molecule has 158 valence electrons. The number of rotatable bonds is 7. The van der Waals surface area contributed by atoms with E-state index in [9.17, 15) is 13.2 Å². The average molecular weight is 427 g/mol. The molecule has 0 bridgehead atoms. The number of benzene rings is 2. The van der Waals surface area contributed by atoms with Crippen LogP contribution in [0.25, 0.3) is 11.3 Å². The van der Waals surface area contributed by atoms with Gasteiger partial charge < -0.3 is 9.73 Å². The second kappa shape index (κ2) is 8.85. The molecule has 0 radical (unpaired) electrons. The van der Waals surface area contributed by atoms with Gasteiger partial charge in [0.05, 0.1) is 5.69 Å². The van der Waals surface area contributed by atoms with Gasteiger partial charge in [0.1, 0.15) is 16.4 Å². The molecule has 1 amide bonds. The molecule has 30 heavy (non-hydrogen) atoms. The molecule has 0 unspecified atom stereocenters. The smallest absolute Gasteiger partial charge is 0.243 e. The van der Waals surface area contributed by atoms with E-state index < -0.39 is 15.6 Å². The van der Waals surface area contributed by atoms with Crippen molar-refractivity contribution in [1.29, 1.82) is 0 Å². The monoisotopic (exact) mass is 426 g/mol. The fraction of sp³-hybridized carbons (Fsp3) is 0.261. The molecular weight excluding hydrogens is 400 g/mol. The van der Waals surface area contributed by atoms with Gasteiger partial charge in [-0.3, -0.25) is 4.79 Å². The van der Waals surface area contributed by atoms with E-state index in [0.29, 0.717) is 12.2 Å². The molecule has 2 N–H and O–H groups in total. The topological polar surface area (TPSA) is 88.4 Å². The van der Waals surface area contributed by atoms with Crippen molar-refractivity contribution in [2.24, 2.45) is 0 Å². The second-order valence-electron chi connectivity index (χ2n) is 8.03. The summed E-state index contributed by atoms with van der Waals surface area (Å²) in [7, 11) is -3.77. The standard InChI is InChI=1S/C23H26N2O4S/c1-23(2,3)25-30(27,28)21-12-8-7-11-19(21)24-22(26)16-14-18-13-15-20(29-18)17-9-5-4-6-10-17/h4-13,15,25H,14,16H2,1-3H3,(H,24,26). The lowest BCUT2D eigenvalue weighted by Gasteiger charge is -2.21. The third kappa shape index (κ3) is 5.81. The van der Waals surface area contributed by atoms with Crippen LogP contribution < -0.4 is 10.0 Å². The lowest BCUT2D eigenvalue weighted by molar-refractivity contribution is -0.116. The fourth-order valence-corrected chi connectivity index (χ4v) is 4.56. The minimum Gasteiger partial charge on any atom is -0.461 e. The zero-order valence-corrected chi connectivity index (χ0v) is 18.1. The maximum absolute atomic E-state index is 12.7. The first-order valence-corrected chi connectivity index (χ1v) is 11.2. The number of amides is 1. The Morgan fingerprint density at radius 2 is 1.60 bits per heavy atom. The number of anilines is 1. The highest BCUT2D eigenvalue weighted by molar-refractivity contribution is 7.89. The third-order valence-electron chi connectivity index (χ3n) is 4.21. The van der Waals surface area contributed by atoms with Gasteiger partial charge in [-0.2, -0.15) is 0 Å². The predicted molar refractivity (Wildman–Crippen MR) is 118 cm³/mol. The molecule has 0 aliphatic heterocycles. The van der Waals surface area contributed by atoms with Crippen molar-refractivity contribution in [2.45, 2.75) is 44.0 Å². The van der Waals surface area contributed by atoms with Crippen LogP contribution in [0, 0.1) is 0 Å². The van der Waals surface area contributed by atoms with Crippen molar-refractivity contribution in [3.8, 4) is 11.3 Å². The summed E-state index contributed by atoms with van der Waals surface area (Å²) < 4.78 is 33.8. The number of nitrogens with one attached hydrogen (secondary N) is 2. The first-order valence-electron chi connectivity index (χ1n) is 9.71. The highest BCUT2D eigenvalue weighted by atomic mass is 32.2. The highest BCUT2D eigenvalue weighted by Crippen LogP contribution is 2.24. The summed E-state index contributed by atoms with van der Waals surface area (Å²) >= 11 is 0. The second-order valence-corrected chi connectivity index (χ2v) is 9.68. The number of carbonyl (C=O) groups excluding carboxylic acids is 1. The van der Waals surface area contributed by atoms with Crippen LogP contribution in [0.15, 0.2) is 76.0 Å². The van der Waals surface area contributed by atoms with Gasteiger partial charge in [0.2, 0.25) is 15.9 Å². The molecule has 1 heterocycles. The molecule has 7 heteroatoms. The number of furan rings is 1. The number of para-hydroxylation sites is 1. The van der Waals surface area contributed by atoms with Gasteiger partial charge in [-0.15, -0.1) is 0 Å². The quantitative estimate of drug-likeness (QED) is 0.578. The molecule has 3 aromatic rings. The molecule has 0 saturated heterocycles. The average Bonchev–Trinajstić information content (AvgIpc) is 3.15. The van der Waals surface area contributed by atoms with E-state index in [1.807, 2.05) is 42.5 Å². The van der Waals surface area contributed by atoms with Gasteiger partial charge in [0.15, 0.2) is 0 Å². The van der Waals surface area contributed by atoms with Crippen molar-refractivity contribution < 1.29 is 17.6 Å². The Labute approximate surface area is 177 Å². The summed E-state index contributed by atoms with van der Waals surface area (Å²) in [6.07, 6.45) is 0.580. The van der Waals surface area contributed by atoms with Crippen molar-refractivity contribution in [1.82, 2.24) is 4.72 Å². The largest absolute Gasteiger partial charge is 0.461 e. The number of hydrogen-bond donors (Lipinski definition) is 2. The Balaban J connectivity index is 1.66. The molecule has 0 saturated carbocycles. The van der Waals surface area contributed by atoms with E-state index >= 15 is 0 Å². The Kier molecular flexibility index (Phi) is 6.43. The van der Waals surface area contributed by atoms with Crippen LogP contribution in [0.3, 0.4) is 0 Å². The molecule has 0 atom stereocenters. The van der Waals surface area contributed by atoms with E-state index in [2.05, 4.69) is 10.0 Å². The summed E-state index contributed by atoms with van der Waals surface area (Å²) in [5, 5.41) is 2.71. The van der Waals surface area contributed by atoms with Gasteiger partial charge >= 0.3 is 0 Å². The van der Waals surface area contributed by atoms with Crippen molar-refractivity contribution in [3.05, 3.63) is 72.5 Å². The summed E-state index contributed by atoms with van der Waals surface area (Å²) in [4.78, 5) is 12.5.